The Labute approximate surface area is 117 Å². The summed E-state index contributed by atoms with van der Waals surface area (Å²) < 4.78 is 11.5. The van der Waals surface area contributed by atoms with Gasteiger partial charge < -0.3 is 15.2 Å². The quantitative estimate of drug-likeness (QED) is 0.935. The third-order valence-corrected chi connectivity index (χ3v) is 2.89. The zero-order valence-corrected chi connectivity index (χ0v) is 11.7. The molecule has 5 nitrogen and oxygen atoms in total. The SMILES string of the molecule is COc1c(N)ncnc1Oc1ccc(Br)cc1Cl. The second-order valence-electron chi connectivity index (χ2n) is 3.27. The minimum atomic E-state index is 0.204. The predicted molar refractivity (Wildman–Crippen MR) is 72.2 cm³/mol. The van der Waals surface area contributed by atoms with E-state index in [2.05, 4.69) is 25.9 Å². The van der Waals surface area contributed by atoms with E-state index in [4.69, 9.17) is 26.8 Å². The largest absolute Gasteiger partial charge is 0.489 e. The van der Waals surface area contributed by atoms with E-state index in [1.807, 2.05) is 0 Å². The molecule has 2 rings (SSSR count). The van der Waals surface area contributed by atoms with Crippen LogP contribution in [0.15, 0.2) is 29.0 Å². The summed E-state index contributed by atoms with van der Waals surface area (Å²) in [5, 5.41) is 0.448. The first-order valence-electron chi connectivity index (χ1n) is 4.89. The van der Waals surface area contributed by atoms with E-state index in [0.29, 0.717) is 10.8 Å². The second kappa shape index (κ2) is 5.41. The lowest BCUT2D eigenvalue weighted by Gasteiger charge is -2.11. The molecule has 0 amide bonds. The molecule has 0 spiro atoms. The van der Waals surface area contributed by atoms with Gasteiger partial charge in [0, 0.05) is 4.47 Å². The second-order valence-corrected chi connectivity index (χ2v) is 4.60. The number of halogens is 2. The molecular formula is C11H9BrClN3O2. The van der Waals surface area contributed by atoms with Crippen LogP contribution in [0, 0.1) is 0 Å². The Kier molecular flexibility index (Phi) is 3.88. The third-order valence-electron chi connectivity index (χ3n) is 2.10. The fourth-order valence-electron chi connectivity index (χ4n) is 1.30. The highest BCUT2D eigenvalue weighted by atomic mass is 79.9. The van der Waals surface area contributed by atoms with Crippen LogP contribution in [0.2, 0.25) is 5.02 Å². The number of ether oxygens (including phenoxy) is 2. The minimum Gasteiger partial charge on any atom is -0.489 e. The Balaban J connectivity index is 2.37. The molecule has 0 aliphatic heterocycles. The molecule has 0 saturated heterocycles. The molecule has 0 bridgehead atoms. The molecule has 94 valence electrons. The van der Waals surface area contributed by atoms with E-state index < -0.39 is 0 Å². The number of anilines is 1. The van der Waals surface area contributed by atoms with E-state index in [-0.39, 0.29) is 17.4 Å². The molecule has 1 aromatic carbocycles. The van der Waals surface area contributed by atoms with Gasteiger partial charge in [-0.05, 0) is 18.2 Å². The maximum Gasteiger partial charge on any atom is 0.268 e. The van der Waals surface area contributed by atoms with Gasteiger partial charge in [-0.15, -0.1) is 0 Å². The van der Waals surface area contributed by atoms with Crippen LogP contribution in [0.5, 0.6) is 17.4 Å². The van der Waals surface area contributed by atoms with Gasteiger partial charge in [-0.2, -0.15) is 4.98 Å². The Bertz CT molecular complexity index is 580. The first-order chi connectivity index (χ1) is 8.61. The lowest BCUT2D eigenvalue weighted by atomic mass is 10.3. The first kappa shape index (κ1) is 12.9. The van der Waals surface area contributed by atoms with Gasteiger partial charge >= 0.3 is 0 Å². The number of methoxy groups -OCH3 is 1. The number of nitrogens with two attached hydrogens (primary N) is 1. The molecule has 0 unspecified atom stereocenters. The third kappa shape index (κ3) is 2.65. The van der Waals surface area contributed by atoms with Crippen LogP contribution in [0.1, 0.15) is 0 Å². The monoisotopic (exact) mass is 329 g/mol. The average Bonchev–Trinajstić information content (AvgIpc) is 2.33. The smallest absolute Gasteiger partial charge is 0.268 e. The lowest BCUT2D eigenvalue weighted by molar-refractivity contribution is 0.369. The number of hydrogen-bond donors (Lipinski definition) is 1. The van der Waals surface area contributed by atoms with E-state index >= 15 is 0 Å². The maximum absolute atomic E-state index is 6.04. The number of benzene rings is 1. The number of aromatic nitrogens is 2. The molecular weight excluding hydrogens is 321 g/mol. The van der Waals surface area contributed by atoms with Crippen molar-refractivity contribution in [1.82, 2.24) is 9.97 Å². The molecule has 2 aromatic rings. The van der Waals surface area contributed by atoms with Crippen LogP contribution >= 0.6 is 27.5 Å². The van der Waals surface area contributed by atoms with Gasteiger partial charge in [0.1, 0.15) is 12.1 Å². The van der Waals surface area contributed by atoms with Crippen LogP contribution in [0.3, 0.4) is 0 Å². The highest BCUT2D eigenvalue weighted by Gasteiger charge is 2.13. The standard InChI is InChI=1S/C11H9BrClN3O2/c1-17-9-10(14)15-5-16-11(9)18-8-3-2-6(12)4-7(8)13/h2-5H,1H3,(H2,14,15,16). The number of hydrogen-bond acceptors (Lipinski definition) is 5. The molecule has 0 aliphatic rings. The van der Waals surface area contributed by atoms with Crippen LogP contribution in [0.25, 0.3) is 0 Å². The summed E-state index contributed by atoms with van der Waals surface area (Å²) in [6.45, 7) is 0. The zero-order chi connectivity index (χ0) is 13.1. The number of rotatable bonds is 3. The van der Waals surface area contributed by atoms with E-state index in [9.17, 15) is 0 Å². The van der Waals surface area contributed by atoms with Gasteiger partial charge in [0.2, 0.25) is 5.75 Å². The van der Waals surface area contributed by atoms with Gasteiger partial charge in [0.25, 0.3) is 5.88 Å². The van der Waals surface area contributed by atoms with Gasteiger partial charge in [0.05, 0.1) is 12.1 Å². The van der Waals surface area contributed by atoms with Gasteiger partial charge in [-0.25, -0.2) is 4.98 Å². The fourth-order valence-corrected chi connectivity index (χ4v) is 2.01. The molecule has 7 heteroatoms. The Morgan fingerprint density at radius 1 is 1.33 bits per heavy atom. The molecule has 2 N–H and O–H groups in total. The Hall–Kier alpha value is -1.53. The van der Waals surface area contributed by atoms with Crippen molar-refractivity contribution in [2.24, 2.45) is 0 Å². The topological polar surface area (TPSA) is 70.3 Å². The summed E-state index contributed by atoms with van der Waals surface area (Å²) in [4.78, 5) is 7.77. The van der Waals surface area contributed by atoms with Gasteiger partial charge in [0.15, 0.2) is 5.82 Å². The summed E-state index contributed by atoms with van der Waals surface area (Å²) in [7, 11) is 1.46. The van der Waals surface area contributed by atoms with E-state index in [0.717, 1.165) is 4.47 Å². The average molecular weight is 331 g/mol. The van der Waals surface area contributed by atoms with Crippen LogP contribution in [-0.2, 0) is 0 Å². The fraction of sp³-hybridized carbons (Fsp3) is 0.0909. The van der Waals surface area contributed by atoms with Gasteiger partial charge in [-0.3, -0.25) is 0 Å². The van der Waals surface area contributed by atoms with Crippen molar-refractivity contribution in [2.75, 3.05) is 12.8 Å². The molecule has 0 atom stereocenters. The molecule has 0 fully saturated rings. The molecule has 1 aromatic heterocycles. The van der Waals surface area contributed by atoms with Crippen molar-refractivity contribution in [3.05, 3.63) is 34.0 Å². The maximum atomic E-state index is 6.04. The zero-order valence-electron chi connectivity index (χ0n) is 9.35. The Morgan fingerprint density at radius 2 is 2.11 bits per heavy atom. The molecule has 0 aliphatic carbocycles. The number of nitrogens with zero attached hydrogens (tertiary/aromatic N) is 2. The summed E-state index contributed by atoms with van der Waals surface area (Å²) in [5.41, 5.74) is 5.65. The normalized spacial score (nSPS) is 10.2. The molecule has 0 radical (unpaired) electrons. The van der Waals surface area contributed by atoms with Crippen molar-refractivity contribution in [1.29, 1.82) is 0 Å². The highest BCUT2D eigenvalue weighted by molar-refractivity contribution is 9.10. The Morgan fingerprint density at radius 3 is 2.78 bits per heavy atom. The summed E-state index contributed by atoms with van der Waals surface area (Å²) >= 11 is 9.36. The van der Waals surface area contributed by atoms with Crippen LogP contribution < -0.4 is 15.2 Å². The van der Waals surface area contributed by atoms with E-state index in [1.165, 1.54) is 13.4 Å². The summed E-state index contributed by atoms with van der Waals surface area (Å²) in [6.07, 6.45) is 1.29. The molecule has 1 heterocycles. The molecule has 0 saturated carbocycles. The summed E-state index contributed by atoms with van der Waals surface area (Å²) in [5.74, 6) is 1.15. The van der Waals surface area contributed by atoms with E-state index in [1.54, 1.807) is 18.2 Å². The van der Waals surface area contributed by atoms with Gasteiger partial charge in [-0.1, -0.05) is 27.5 Å². The molecule has 18 heavy (non-hydrogen) atoms. The van der Waals surface area contributed by atoms with Crippen LogP contribution in [-0.4, -0.2) is 17.1 Å². The lowest BCUT2D eigenvalue weighted by Crippen LogP contribution is -2.00. The van der Waals surface area contributed by atoms with Crippen molar-refractivity contribution in [3.63, 3.8) is 0 Å². The van der Waals surface area contributed by atoms with Crippen LogP contribution in [0.4, 0.5) is 5.82 Å². The summed E-state index contributed by atoms with van der Waals surface area (Å²) in [6, 6.07) is 5.23. The van der Waals surface area contributed by atoms with Crippen molar-refractivity contribution in [2.45, 2.75) is 0 Å². The van der Waals surface area contributed by atoms with Crippen molar-refractivity contribution >= 4 is 33.3 Å². The predicted octanol–water partition coefficient (Wildman–Crippen LogP) is 3.28. The minimum absolute atomic E-state index is 0.204. The van der Waals surface area contributed by atoms with Crippen molar-refractivity contribution in [3.8, 4) is 17.4 Å². The number of nitrogen functional groups attached to an aromatic ring is 1. The highest BCUT2D eigenvalue weighted by Crippen LogP contribution is 2.36. The first-order valence-corrected chi connectivity index (χ1v) is 6.06. The van der Waals surface area contributed by atoms with Crippen molar-refractivity contribution < 1.29 is 9.47 Å².